The first kappa shape index (κ1) is 16.1. The number of aromatic nitrogens is 1. The highest BCUT2D eigenvalue weighted by molar-refractivity contribution is 6.07. The standard InChI is InChI=1S/C22H18N2O2/c1-24(15-17-10-7-13-26-17)22(25)19-14-21(16-8-3-2-4-9-16)23-20-12-6-5-11-18(19)20/h2-14H,15H2,1H3. The van der Waals surface area contributed by atoms with Crippen molar-refractivity contribution in [3.05, 3.63) is 90.4 Å². The first-order valence-electron chi connectivity index (χ1n) is 8.45. The highest BCUT2D eigenvalue weighted by Crippen LogP contribution is 2.26. The molecule has 0 spiro atoms. The summed E-state index contributed by atoms with van der Waals surface area (Å²) >= 11 is 0. The molecule has 0 saturated heterocycles. The van der Waals surface area contributed by atoms with E-state index in [0.717, 1.165) is 27.9 Å². The third kappa shape index (κ3) is 3.09. The van der Waals surface area contributed by atoms with E-state index < -0.39 is 0 Å². The molecule has 0 bridgehead atoms. The number of amides is 1. The number of carbonyl (C=O) groups excluding carboxylic acids is 1. The van der Waals surface area contributed by atoms with Crippen LogP contribution in [0.2, 0.25) is 0 Å². The average Bonchev–Trinajstić information content (AvgIpc) is 3.20. The van der Waals surface area contributed by atoms with Gasteiger partial charge in [-0.2, -0.15) is 0 Å². The Labute approximate surface area is 151 Å². The van der Waals surface area contributed by atoms with Crippen LogP contribution in [0.15, 0.2) is 83.5 Å². The second kappa shape index (κ2) is 6.84. The van der Waals surface area contributed by atoms with Crippen LogP contribution in [0, 0.1) is 0 Å². The van der Waals surface area contributed by atoms with Gasteiger partial charge in [-0.3, -0.25) is 4.79 Å². The molecule has 2 aromatic carbocycles. The summed E-state index contributed by atoms with van der Waals surface area (Å²) in [5, 5.41) is 0.850. The van der Waals surface area contributed by atoms with E-state index in [0.29, 0.717) is 12.1 Å². The SMILES string of the molecule is CN(Cc1ccco1)C(=O)c1cc(-c2ccccc2)nc2ccccc12. The van der Waals surface area contributed by atoms with Crippen molar-refractivity contribution >= 4 is 16.8 Å². The number of rotatable bonds is 4. The van der Waals surface area contributed by atoms with Gasteiger partial charge in [0.1, 0.15) is 5.76 Å². The summed E-state index contributed by atoms with van der Waals surface area (Å²) in [5.41, 5.74) is 3.23. The van der Waals surface area contributed by atoms with Gasteiger partial charge in [-0.25, -0.2) is 4.98 Å². The molecular formula is C22H18N2O2. The van der Waals surface area contributed by atoms with Crippen LogP contribution in [0.1, 0.15) is 16.1 Å². The summed E-state index contributed by atoms with van der Waals surface area (Å²) in [5.74, 6) is 0.694. The van der Waals surface area contributed by atoms with E-state index in [2.05, 4.69) is 0 Å². The van der Waals surface area contributed by atoms with Crippen LogP contribution in [0.5, 0.6) is 0 Å². The van der Waals surface area contributed by atoms with Crippen molar-refractivity contribution in [2.75, 3.05) is 7.05 Å². The summed E-state index contributed by atoms with van der Waals surface area (Å²) in [6.45, 7) is 0.420. The fourth-order valence-corrected chi connectivity index (χ4v) is 3.02. The normalized spacial score (nSPS) is 10.8. The average molecular weight is 342 g/mol. The number of benzene rings is 2. The van der Waals surface area contributed by atoms with Gasteiger partial charge in [0.05, 0.1) is 29.6 Å². The zero-order valence-corrected chi connectivity index (χ0v) is 14.4. The van der Waals surface area contributed by atoms with Gasteiger partial charge in [-0.05, 0) is 24.3 Å². The van der Waals surface area contributed by atoms with E-state index >= 15 is 0 Å². The van der Waals surface area contributed by atoms with Gasteiger partial charge in [0.15, 0.2) is 0 Å². The van der Waals surface area contributed by atoms with Crippen LogP contribution in [-0.2, 0) is 6.54 Å². The van der Waals surface area contributed by atoms with E-state index in [4.69, 9.17) is 9.40 Å². The van der Waals surface area contributed by atoms with Crippen molar-refractivity contribution in [1.29, 1.82) is 0 Å². The fraction of sp³-hybridized carbons (Fsp3) is 0.0909. The lowest BCUT2D eigenvalue weighted by Crippen LogP contribution is -2.26. The monoisotopic (exact) mass is 342 g/mol. The number of hydrogen-bond donors (Lipinski definition) is 0. The molecule has 0 radical (unpaired) electrons. The Kier molecular flexibility index (Phi) is 4.23. The summed E-state index contributed by atoms with van der Waals surface area (Å²) < 4.78 is 5.36. The van der Waals surface area contributed by atoms with Crippen LogP contribution in [0.25, 0.3) is 22.2 Å². The maximum Gasteiger partial charge on any atom is 0.254 e. The molecule has 0 N–H and O–H groups in total. The van der Waals surface area contributed by atoms with Crippen LogP contribution < -0.4 is 0 Å². The fourth-order valence-electron chi connectivity index (χ4n) is 3.02. The van der Waals surface area contributed by atoms with Gasteiger partial charge in [0.2, 0.25) is 0 Å². The number of pyridine rings is 1. The molecule has 26 heavy (non-hydrogen) atoms. The molecule has 0 unspecified atom stereocenters. The van der Waals surface area contributed by atoms with E-state index in [9.17, 15) is 4.79 Å². The molecule has 0 saturated carbocycles. The maximum atomic E-state index is 13.1. The van der Waals surface area contributed by atoms with Crippen LogP contribution in [-0.4, -0.2) is 22.8 Å². The Hall–Kier alpha value is -3.40. The molecule has 4 aromatic rings. The Balaban J connectivity index is 1.78. The molecule has 4 nitrogen and oxygen atoms in total. The summed E-state index contributed by atoms with van der Waals surface area (Å²) in [4.78, 5) is 19.5. The smallest absolute Gasteiger partial charge is 0.254 e. The number of furan rings is 1. The van der Waals surface area contributed by atoms with Gasteiger partial charge < -0.3 is 9.32 Å². The largest absolute Gasteiger partial charge is 0.467 e. The molecule has 0 aliphatic heterocycles. The molecule has 4 rings (SSSR count). The quantitative estimate of drug-likeness (QED) is 0.537. The lowest BCUT2D eigenvalue weighted by atomic mass is 10.0. The Morgan fingerprint density at radius 3 is 2.54 bits per heavy atom. The van der Waals surface area contributed by atoms with E-state index in [-0.39, 0.29) is 5.91 Å². The number of fused-ring (bicyclic) bond motifs is 1. The first-order chi connectivity index (χ1) is 12.7. The van der Waals surface area contributed by atoms with Gasteiger partial charge in [-0.1, -0.05) is 48.5 Å². The van der Waals surface area contributed by atoms with Crippen LogP contribution in [0.3, 0.4) is 0 Å². The maximum absolute atomic E-state index is 13.1. The molecular weight excluding hydrogens is 324 g/mol. The highest BCUT2D eigenvalue weighted by atomic mass is 16.3. The first-order valence-corrected chi connectivity index (χ1v) is 8.45. The van der Waals surface area contributed by atoms with Crippen molar-refractivity contribution in [2.45, 2.75) is 6.54 Å². The van der Waals surface area contributed by atoms with E-state index in [1.165, 1.54) is 0 Å². The summed E-state index contributed by atoms with van der Waals surface area (Å²) in [6, 6.07) is 23.2. The highest BCUT2D eigenvalue weighted by Gasteiger charge is 2.18. The van der Waals surface area contributed by atoms with Gasteiger partial charge in [-0.15, -0.1) is 0 Å². The van der Waals surface area contributed by atoms with Gasteiger partial charge in [0, 0.05) is 18.0 Å². The number of carbonyl (C=O) groups is 1. The van der Waals surface area contributed by atoms with Crippen molar-refractivity contribution in [1.82, 2.24) is 9.88 Å². The number of para-hydroxylation sites is 1. The van der Waals surface area contributed by atoms with Crippen LogP contribution >= 0.6 is 0 Å². The second-order valence-corrected chi connectivity index (χ2v) is 6.18. The number of hydrogen-bond acceptors (Lipinski definition) is 3. The third-order valence-electron chi connectivity index (χ3n) is 4.34. The molecule has 0 fully saturated rings. The van der Waals surface area contributed by atoms with E-state index in [1.54, 1.807) is 18.2 Å². The minimum absolute atomic E-state index is 0.0582. The number of nitrogens with zero attached hydrogens (tertiary/aromatic N) is 2. The lowest BCUT2D eigenvalue weighted by Gasteiger charge is -2.18. The lowest BCUT2D eigenvalue weighted by molar-refractivity contribution is 0.0777. The van der Waals surface area contributed by atoms with Gasteiger partial charge >= 0.3 is 0 Å². The molecule has 2 heterocycles. The molecule has 0 aliphatic carbocycles. The van der Waals surface area contributed by atoms with E-state index in [1.807, 2.05) is 72.8 Å². The Morgan fingerprint density at radius 2 is 1.77 bits per heavy atom. The molecule has 0 atom stereocenters. The molecule has 4 heteroatoms. The van der Waals surface area contributed by atoms with Crippen LogP contribution in [0.4, 0.5) is 0 Å². The Bertz CT molecular complexity index is 1040. The Morgan fingerprint density at radius 1 is 1.00 bits per heavy atom. The van der Waals surface area contributed by atoms with Crippen molar-refractivity contribution in [2.24, 2.45) is 0 Å². The molecule has 2 aromatic heterocycles. The topological polar surface area (TPSA) is 46.3 Å². The predicted molar refractivity (Wildman–Crippen MR) is 102 cm³/mol. The minimum Gasteiger partial charge on any atom is -0.467 e. The summed E-state index contributed by atoms with van der Waals surface area (Å²) in [7, 11) is 1.78. The molecule has 1 amide bonds. The van der Waals surface area contributed by atoms with Crippen molar-refractivity contribution < 1.29 is 9.21 Å². The predicted octanol–water partition coefficient (Wildman–Crippen LogP) is 4.77. The van der Waals surface area contributed by atoms with Crippen molar-refractivity contribution in [3.63, 3.8) is 0 Å². The second-order valence-electron chi connectivity index (χ2n) is 6.18. The zero-order valence-electron chi connectivity index (χ0n) is 14.4. The minimum atomic E-state index is -0.0582. The van der Waals surface area contributed by atoms with Gasteiger partial charge in [0.25, 0.3) is 5.91 Å². The summed E-state index contributed by atoms with van der Waals surface area (Å²) in [6.07, 6.45) is 1.61. The van der Waals surface area contributed by atoms with Crippen molar-refractivity contribution in [3.8, 4) is 11.3 Å². The third-order valence-corrected chi connectivity index (χ3v) is 4.34. The molecule has 128 valence electrons. The molecule has 0 aliphatic rings. The zero-order chi connectivity index (χ0) is 17.9.